The quantitative estimate of drug-likeness (QED) is 0.629. The molecule has 2 N–H and O–H groups in total. The molecular formula is C15H16N2. The number of benzene rings is 2. The van der Waals surface area contributed by atoms with Crippen LogP contribution in [-0.2, 0) is 0 Å². The van der Waals surface area contributed by atoms with Gasteiger partial charge in [-0.15, -0.1) is 0 Å². The van der Waals surface area contributed by atoms with E-state index in [4.69, 9.17) is 5.73 Å². The van der Waals surface area contributed by atoms with Crippen LogP contribution in [0.5, 0.6) is 0 Å². The van der Waals surface area contributed by atoms with Crippen molar-refractivity contribution >= 4 is 11.9 Å². The molecule has 86 valence electrons. The maximum absolute atomic E-state index is 5.63. The summed E-state index contributed by atoms with van der Waals surface area (Å²) < 4.78 is 0. The standard InChI is InChI=1S/C15H16N2/c1-12(14-5-3-2-4-6-14)17-11-13-7-9-15(16)10-8-13/h2-12H,16H2,1H3/t12-/m1/s1. The Morgan fingerprint density at radius 1 is 1.00 bits per heavy atom. The molecule has 2 aromatic rings. The lowest BCUT2D eigenvalue weighted by molar-refractivity contribution is 0.825. The first-order valence-corrected chi connectivity index (χ1v) is 5.69. The second-order valence-electron chi connectivity index (χ2n) is 4.03. The minimum absolute atomic E-state index is 0.175. The maximum Gasteiger partial charge on any atom is 0.0721 e. The smallest absolute Gasteiger partial charge is 0.0721 e. The Kier molecular flexibility index (Phi) is 3.55. The molecule has 1 atom stereocenters. The molecule has 2 rings (SSSR count). The number of hydrogen-bond donors (Lipinski definition) is 1. The average Bonchev–Trinajstić information content (AvgIpc) is 2.39. The molecule has 0 aromatic heterocycles. The van der Waals surface area contributed by atoms with Crippen molar-refractivity contribution in [2.75, 3.05) is 5.73 Å². The fraction of sp³-hybridized carbons (Fsp3) is 0.133. The van der Waals surface area contributed by atoms with Gasteiger partial charge in [-0.05, 0) is 30.2 Å². The Morgan fingerprint density at radius 2 is 1.65 bits per heavy atom. The number of rotatable bonds is 3. The van der Waals surface area contributed by atoms with E-state index in [1.807, 2.05) is 48.7 Å². The van der Waals surface area contributed by atoms with Gasteiger partial charge in [0.1, 0.15) is 0 Å². The Balaban J connectivity index is 2.08. The van der Waals surface area contributed by atoms with Gasteiger partial charge in [-0.1, -0.05) is 42.5 Å². The molecule has 17 heavy (non-hydrogen) atoms. The first-order valence-electron chi connectivity index (χ1n) is 5.69. The molecule has 0 amide bonds. The van der Waals surface area contributed by atoms with E-state index in [1.165, 1.54) is 5.56 Å². The molecule has 0 radical (unpaired) electrons. The lowest BCUT2D eigenvalue weighted by atomic mass is 10.1. The largest absolute Gasteiger partial charge is 0.399 e. The third-order valence-corrected chi connectivity index (χ3v) is 2.67. The van der Waals surface area contributed by atoms with Gasteiger partial charge in [-0.3, -0.25) is 4.99 Å². The SMILES string of the molecule is C[C@@H](N=Cc1ccc(N)cc1)c1ccccc1. The van der Waals surface area contributed by atoms with E-state index >= 15 is 0 Å². The van der Waals surface area contributed by atoms with Crippen LogP contribution in [0, 0.1) is 0 Å². The van der Waals surface area contributed by atoms with E-state index in [2.05, 4.69) is 24.0 Å². The number of aliphatic imine (C=N–C) groups is 1. The van der Waals surface area contributed by atoms with Gasteiger partial charge in [0.2, 0.25) is 0 Å². The summed E-state index contributed by atoms with van der Waals surface area (Å²) >= 11 is 0. The van der Waals surface area contributed by atoms with Crippen molar-refractivity contribution in [1.29, 1.82) is 0 Å². The second kappa shape index (κ2) is 5.30. The number of nitrogens with zero attached hydrogens (tertiary/aromatic N) is 1. The van der Waals surface area contributed by atoms with Gasteiger partial charge in [-0.25, -0.2) is 0 Å². The predicted octanol–water partition coefficient (Wildman–Crippen LogP) is 3.45. The van der Waals surface area contributed by atoms with Crippen LogP contribution < -0.4 is 5.73 Å². The number of nitrogen functional groups attached to an aromatic ring is 1. The van der Waals surface area contributed by atoms with Gasteiger partial charge < -0.3 is 5.73 Å². The van der Waals surface area contributed by atoms with E-state index < -0.39 is 0 Å². The van der Waals surface area contributed by atoms with E-state index in [0.717, 1.165) is 11.3 Å². The fourth-order valence-corrected chi connectivity index (χ4v) is 1.60. The van der Waals surface area contributed by atoms with Gasteiger partial charge in [0.05, 0.1) is 6.04 Å². The molecule has 2 nitrogen and oxygen atoms in total. The van der Waals surface area contributed by atoms with Crippen molar-refractivity contribution < 1.29 is 0 Å². The molecule has 0 saturated heterocycles. The summed E-state index contributed by atoms with van der Waals surface area (Å²) in [7, 11) is 0. The Hall–Kier alpha value is -2.09. The van der Waals surface area contributed by atoms with Gasteiger partial charge in [0, 0.05) is 11.9 Å². The molecule has 0 fully saturated rings. The molecule has 0 heterocycles. The highest BCUT2D eigenvalue weighted by molar-refractivity contribution is 5.80. The molecule has 0 aliphatic heterocycles. The van der Waals surface area contributed by atoms with Crippen molar-refractivity contribution in [3.8, 4) is 0 Å². The summed E-state index contributed by atoms with van der Waals surface area (Å²) in [6.45, 7) is 2.09. The van der Waals surface area contributed by atoms with Crippen LogP contribution in [0.1, 0.15) is 24.1 Å². The minimum Gasteiger partial charge on any atom is -0.399 e. The topological polar surface area (TPSA) is 38.4 Å². The van der Waals surface area contributed by atoms with Crippen LogP contribution in [0.15, 0.2) is 59.6 Å². The van der Waals surface area contributed by atoms with E-state index in [0.29, 0.717) is 0 Å². The summed E-state index contributed by atoms with van der Waals surface area (Å²) in [4.78, 5) is 4.53. The van der Waals surface area contributed by atoms with Crippen molar-refractivity contribution in [1.82, 2.24) is 0 Å². The molecule has 0 aliphatic carbocycles. The lowest BCUT2D eigenvalue weighted by Crippen LogP contribution is -1.91. The highest BCUT2D eigenvalue weighted by Crippen LogP contribution is 2.15. The van der Waals surface area contributed by atoms with E-state index in [9.17, 15) is 0 Å². The zero-order valence-electron chi connectivity index (χ0n) is 9.88. The fourth-order valence-electron chi connectivity index (χ4n) is 1.60. The van der Waals surface area contributed by atoms with Crippen LogP contribution in [-0.4, -0.2) is 6.21 Å². The molecule has 2 aromatic carbocycles. The summed E-state index contributed by atoms with van der Waals surface area (Å²) in [5, 5.41) is 0. The van der Waals surface area contributed by atoms with Gasteiger partial charge in [0.25, 0.3) is 0 Å². The maximum atomic E-state index is 5.63. The summed E-state index contributed by atoms with van der Waals surface area (Å²) in [6, 6.07) is 18.1. The van der Waals surface area contributed by atoms with Crippen LogP contribution >= 0.6 is 0 Å². The van der Waals surface area contributed by atoms with Crippen molar-refractivity contribution in [3.05, 3.63) is 65.7 Å². The molecule has 0 saturated carbocycles. The van der Waals surface area contributed by atoms with Crippen molar-refractivity contribution in [3.63, 3.8) is 0 Å². The Bertz CT molecular complexity index is 486. The molecular weight excluding hydrogens is 208 g/mol. The first-order chi connectivity index (χ1) is 8.25. The highest BCUT2D eigenvalue weighted by atomic mass is 14.8. The van der Waals surface area contributed by atoms with Crippen LogP contribution in [0.25, 0.3) is 0 Å². The van der Waals surface area contributed by atoms with Gasteiger partial charge in [0.15, 0.2) is 0 Å². The third kappa shape index (κ3) is 3.18. The molecule has 0 spiro atoms. The lowest BCUT2D eigenvalue weighted by Gasteiger charge is -2.05. The van der Waals surface area contributed by atoms with Crippen LogP contribution in [0.3, 0.4) is 0 Å². The van der Waals surface area contributed by atoms with Crippen molar-refractivity contribution in [2.45, 2.75) is 13.0 Å². The van der Waals surface area contributed by atoms with Gasteiger partial charge >= 0.3 is 0 Å². The predicted molar refractivity (Wildman–Crippen MR) is 73.3 cm³/mol. The second-order valence-corrected chi connectivity index (χ2v) is 4.03. The summed E-state index contributed by atoms with van der Waals surface area (Å²) in [5.41, 5.74) is 8.70. The normalized spacial score (nSPS) is 12.8. The molecule has 0 unspecified atom stereocenters. The minimum atomic E-state index is 0.175. The van der Waals surface area contributed by atoms with Crippen LogP contribution in [0.2, 0.25) is 0 Å². The van der Waals surface area contributed by atoms with Crippen LogP contribution in [0.4, 0.5) is 5.69 Å². The summed E-state index contributed by atoms with van der Waals surface area (Å²) in [6.07, 6.45) is 1.89. The Morgan fingerprint density at radius 3 is 2.29 bits per heavy atom. The van der Waals surface area contributed by atoms with Crippen molar-refractivity contribution in [2.24, 2.45) is 4.99 Å². The number of hydrogen-bond acceptors (Lipinski definition) is 2. The molecule has 0 aliphatic rings. The van der Waals surface area contributed by atoms with E-state index in [1.54, 1.807) is 0 Å². The van der Waals surface area contributed by atoms with Gasteiger partial charge in [-0.2, -0.15) is 0 Å². The zero-order chi connectivity index (χ0) is 12.1. The van der Waals surface area contributed by atoms with E-state index in [-0.39, 0.29) is 6.04 Å². The molecule has 2 heteroatoms. The third-order valence-electron chi connectivity index (χ3n) is 2.67. The first kappa shape index (κ1) is 11.4. The monoisotopic (exact) mass is 224 g/mol. The highest BCUT2D eigenvalue weighted by Gasteiger charge is 2.00. The zero-order valence-corrected chi connectivity index (χ0v) is 9.88. The number of nitrogens with two attached hydrogens (primary N) is 1. The average molecular weight is 224 g/mol. The summed E-state index contributed by atoms with van der Waals surface area (Å²) in [5.74, 6) is 0. The molecule has 0 bridgehead atoms. The number of anilines is 1. The Labute approximate surface area is 102 Å².